The van der Waals surface area contributed by atoms with Gasteiger partial charge in [-0.2, -0.15) is 0 Å². The van der Waals surface area contributed by atoms with Gasteiger partial charge in [-0.1, -0.05) is 12.8 Å². The van der Waals surface area contributed by atoms with Crippen LogP contribution in [-0.4, -0.2) is 40.1 Å². The molecule has 1 amide bonds. The Bertz CT molecular complexity index is 443. The Hall–Kier alpha value is -1.02. The molecule has 1 aromatic heterocycles. The monoisotopic (exact) mass is 284 g/mol. The number of nitrogens with zero attached hydrogens (tertiary/aromatic N) is 2. The van der Waals surface area contributed by atoms with Gasteiger partial charge < -0.3 is 5.11 Å². The van der Waals surface area contributed by atoms with Crippen molar-refractivity contribution in [3.8, 4) is 0 Å². The van der Waals surface area contributed by atoms with Gasteiger partial charge in [-0.25, -0.2) is 10.8 Å². The highest BCUT2D eigenvalue weighted by Gasteiger charge is 2.32. The summed E-state index contributed by atoms with van der Waals surface area (Å²) in [5.41, 5.74) is 2.34. The Morgan fingerprint density at radius 1 is 1.63 bits per heavy atom. The minimum atomic E-state index is -0.553. The minimum absolute atomic E-state index is 0.366. The van der Waals surface area contributed by atoms with Gasteiger partial charge in [0.05, 0.1) is 11.3 Å². The summed E-state index contributed by atoms with van der Waals surface area (Å²) < 4.78 is 0. The maximum absolute atomic E-state index is 11.3. The summed E-state index contributed by atoms with van der Waals surface area (Å²) in [4.78, 5) is 17.6. The minimum Gasteiger partial charge on any atom is -0.389 e. The molecule has 6 nitrogen and oxygen atoms in total. The summed E-state index contributed by atoms with van der Waals surface area (Å²) in [7, 11) is 1.96. The van der Waals surface area contributed by atoms with Gasteiger partial charge in [0.15, 0.2) is 5.01 Å². The fourth-order valence-corrected chi connectivity index (χ4v) is 3.28. The average Bonchev–Trinajstić information content (AvgIpc) is 2.97. The molecule has 1 aromatic rings. The highest BCUT2D eigenvalue weighted by atomic mass is 32.1. The Morgan fingerprint density at radius 2 is 2.32 bits per heavy atom. The van der Waals surface area contributed by atoms with Crippen LogP contribution >= 0.6 is 11.3 Å². The molecule has 106 valence electrons. The second-order valence-electron chi connectivity index (χ2n) is 5.22. The molecular weight excluding hydrogens is 264 g/mol. The normalized spacial score (nSPS) is 17.9. The van der Waals surface area contributed by atoms with Crippen LogP contribution < -0.4 is 11.3 Å². The molecule has 7 heteroatoms. The van der Waals surface area contributed by atoms with E-state index in [0.717, 1.165) is 31.4 Å². The van der Waals surface area contributed by atoms with E-state index in [1.807, 2.05) is 17.3 Å². The molecule has 0 aromatic carbocycles. The maximum Gasteiger partial charge on any atom is 0.294 e. The lowest BCUT2D eigenvalue weighted by Crippen LogP contribution is -2.38. The third kappa shape index (κ3) is 3.73. The third-order valence-corrected chi connectivity index (χ3v) is 4.30. The van der Waals surface area contributed by atoms with Gasteiger partial charge in [-0.15, -0.1) is 11.3 Å². The number of likely N-dealkylation sites (N-methyl/N-ethyl adjacent to an activating group) is 1. The number of thiazole rings is 1. The van der Waals surface area contributed by atoms with E-state index in [4.69, 9.17) is 5.84 Å². The number of carbonyl (C=O) groups excluding carboxylic acids is 1. The van der Waals surface area contributed by atoms with Crippen LogP contribution in [0.2, 0.25) is 0 Å². The zero-order valence-electron chi connectivity index (χ0n) is 11.1. The van der Waals surface area contributed by atoms with E-state index in [9.17, 15) is 9.90 Å². The molecule has 1 saturated carbocycles. The molecule has 1 heterocycles. The molecular formula is C12H20N4O2S. The van der Waals surface area contributed by atoms with Crippen LogP contribution in [0, 0.1) is 0 Å². The quantitative estimate of drug-likeness (QED) is 0.416. The number of nitrogens with two attached hydrogens (primary N) is 1. The smallest absolute Gasteiger partial charge is 0.294 e. The lowest BCUT2D eigenvalue weighted by molar-refractivity contribution is 0.0143. The average molecular weight is 284 g/mol. The zero-order chi connectivity index (χ0) is 13.9. The van der Waals surface area contributed by atoms with E-state index >= 15 is 0 Å². The predicted octanol–water partition coefficient (Wildman–Crippen LogP) is 0.483. The molecule has 2 rings (SSSR count). The van der Waals surface area contributed by atoms with Crippen molar-refractivity contribution < 1.29 is 9.90 Å². The lowest BCUT2D eigenvalue weighted by atomic mass is 10.0. The van der Waals surface area contributed by atoms with Gasteiger partial charge in [0, 0.05) is 18.5 Å². The summed E-state index contributed by atoms with van der Waals surface area (Å²) in [5, 5.41) is 12.5. The molecule has 1 aliphatic carbocycles. The van der Waals surface area contributed by atoms with Gasteiger partial charge in [0.1, 0.15) is 0 Å². The Kier molecular flexibility index (Phi) is 4.51. The number of nitrogen functional groups attached to an aromatic ring is 1. The lowest BCUT2D eigenvalue weighted by Gasteiger charge is -2.28. The summed E-state index contributed by atoms with van der Waals surface area (Å²) >= 11 is 1.27. The highest BCUT2D eigenvalue weighted by Crippen LogP contribution is 2.30. The van der Waals surface area contributed by atoms with Crippen molar-refractivity contribution >= 4 is 17.2 Å². The first-order valence-electron chi connectivity index (χ1n) is 6.39. The van der Waals surface area contributed by atoms with Crippen LogP contribution in [0.25, 0.3) is 0 Å². The highest BCUT2D eigenvalue weighted by molar-refractivity contribution is 7.11. The maximum atomic E-state index is 11.3. The predicted molar refractivity (Wildman–Crippen MR) is 73.5 cm³/mol. The van der Waals surface area contributed by atoms with Crippen LogP contribution in [0.15, 0.2) is 5.38 Å². The van der Waals surface area contributed by atoms with Gasteiger partial charge in [0.25, 0.3) is 5.91 Å². The number of rotatable bonds is 5. The number of nitrogens with one attached hydrogen (secondary N) is 1. The van der Waals surface area contributed by atoms with E-state index in [0.29, 0.717) is 18.1 Å². The van der Waals surface area contributed by atoms with E-state index in [2.05, 4.69) is 10.4 Å². The zero-order valence-corrected chi connectivity index (χ0v) is 11.9. The van der Waals surface area contributed by atoms with Crippen molar-refractivity contribution in [1.82, 2.24) is 15.3 Å². The fourth-order valence-electron chi connectivity index (χ4n) is 2.57. The summed E-state index contributed by atoms with van der Waals surface area (Å²) in [6.45, 7) is 1.26. The molecule has 0 unspecified atom stereocenters. The van der Waals surface area contributed by atoms with Gasteiger partial charge >= 0.3 is 0 Å². The van der Waals surface area contributed by atoms with E-state index in [1.54, 1.807) is 0 Å². The molecule has 0 atom stereocenters. The van der Waals surface area contributed by atoms with Crippen LogP contribution in [0.3, 0.4) is 0 Å². The Balaban J connectivity index is 1.89. The van der Waals surface area contributed by atoms with Crippen molar-refractivity contribution in [2.24, 2.45) is 5.84 Å². The van der Waals surface area contributed by atoms with Crippen LogP contribution in [-0.2, 0) is 6.54 Å². The molecule has 0 bridgehead atoms. The van der Waals surface area contributed by atoms with E-state index in [-0.39, 0.29) is 5.91 Å². The summed E-state index contributed by atoms with van der Waals surface area (Å²) in [6, 6.07) is 0. The van der Waals surface area contributed by atoms with Crippen LogP contribution in [0.5, 0.6) is 0 Å². The molecule has 0 radical (unpaired) electrons. The fraction of sp³-hybridized carbons (Fsp3) is 0.667. The van der Waals surface area contributed by atoms with Crippen molar-refractivity contribution in [3.05, 3.63) is 16.1 Å². The number of amides is 1. The SMILES string of the molecule is CN(Cc1csc(C(=O)NN)n1)CC1(O)CCCC1. The molecule has 0 saturated heterocycles. The molecule has 0 spiro atoms. The molecule has 0 aliphatic heterocycles. The van der Waals surface area contributed by atoms with Gasteiger partial charge in [-0.3, -0.25) is 15.1 Å². The first kappa shape index (κ1) is 14.4. The first-order chi connectivity index (χ1) is 9.02. The number of aliphatic hydroxyl groups is 1. The van der Waals surface area contributed by atoms with Gasteiger partial charge in [-0.05, 0) is 19.9 Å². The van der Waals surface area contributed by atoms with Gasteiger partial charge in [0.2, 0.25) is 0 Å². The Labute approximate surface area is 116 Å². The largest absolute Gasteiger partial charge is 0.389 e. The number of aromatic nitrogens is 1. The van der Waals surface area contributed by atoms with Crippen molar-refractivity contribution in [3.63, 3.8) is 0 Å². The summed E-state index contributed by atoms with van der Waals surface area (Å²) in [6.07, 6.45) is 3.94. The second-order valence-corrected chi connectivity index (χ2v) is 6.08. The number of hydrogen-bond acceptors (Lipinski definition) is 6. The van der Waals surface area contributed by atoms with Crippen molar-refractivity contribution in [1.29, 1.82) is 0 Å². The first-order valence-corrected chi connectivity index (χ1v) is 7.27. The number of carbonyl (C=O) groups is 1. The number of hydrazine groups is 1. The molecule has 1 fully saturated rings. The van der Waals surface area contributed by atoms with Crippen LogP contribution in [0.1, 0.15) is 41.2 Å². The Morgan fingerprint density at radius 3 is 2.95 bits per heavy atom. The standard InChI is InChI=1S/C12H20N4O2S/c1-16(8-12(18)4-2-3-5-12)6-9-7-19-11(14-9)10(17)15-13/h7,18H,2-6,8,13H2,1H3,(H,15,17). The van der Waals surface area contributed by atoms with Crippen molar-refractivity contribution in [2.45, 2.75) is 37.8 Å². The van der Waals surface area contributed by atoms with Crippen molar-refractivity contribution in [2.75, 3.05) is 13.6 Å². The third-order valence-electron chi connectivity index (χ3n) is 3.41. The van der Waals surface area contributed by atoms with Crippen LogP contribution in [0.4, 0.5) is 0 Å². The topological polar surface area (TPSA) is 91.5 Å². The number of hydrogen-bond donors (Lipinski definition) is 3. The molecule has 1 aliphatic rings. The van der Waals surface area contributed by atoms with E-state index < -0.39 is 5.60 Å². The molecule has 4 N–H and O–H groups in total. The second kappa shape index (κ2) is 5.96. The van der Waals surface area contributed by atoms with E-state index in [1.165, 1.54) is 11.3 Å². The molecule has 19 heavy (non-hydrogen) atoms. The summed E-state index contributed by atoms with van der Waals surface area (Å²) in [5.74, 6) is 4.70.